The summed E-state index contributed by atoms with van der Waals surface area (Å²) in [6.45, 7) is 12.0. The van der Waals surface area contributed by atoms with E-state index < -0.39 is 105 Å². The van der Waals surface area contributed by atoms with Crippen molar-refractivity contribution in [3.8, 4) is 11.6 Å². The third-order valence-corrected chi connectivity index (χ3v) is 13.0. The number of nitrogens with one attached hydrogen (secondary N) is 3. The minimum Gasteiger partial charge on any atom is -0.491 e. The number of aromatic nitrogens is 2. The lowest BCUT2D eigenvalue weighted by atomic mass is 9.85. The third kappa shape index (κ3) is 10.4. The van der Waals surface area contributed by atoms with Gasteiger partial charge in [-0.1, -0.05) is 32.4 Å². The van der Waals surface area contributed by atoms with Crippen LogP contribution in [0, 0.1) is 17.8 Å². The van der Waals surface area contributed by atoms with E-state index in [1.165, 1.54) is 18.2 Å². The van der Waals surface area contributed by atoms with Gasteiger partial charge in [-0.2, -0.15) is 13.2 Å². The minimum atomic E-state index is -5.01. The first-order valence-corrected chi connectivity index (χ1v) is 22.1. The van der Waals surface area contributed by atoms with E-state index in [-0.39, 0.29) is 35.9 Å². The van der Waals surface area contributed by atoms with E-state index in [2.05, 4.69) is 25.3 Å². The molecule has 3 fully saturated rings. The van der Waals surface area contributed by atoms with Gasteiger partial charge >= 0.3 is 12.3 Å². The van der Waals surface area contributed by atoms with Crippen LogP contribution in [0.4, 0.5) is 18.0 Å². The van der Waals surface area contributed by atoms with E-state index in [0.29, 0.717) is 44.3 Å². The van der Waals surface area contributed by atoms with Crippen molar-refractivity contribution in [2.75, 3.05) is 6.54 Å². The lowest BCUT2D eigenvalue weighted by Crippen LogP contribution is -2.59. The molecule has 6 rings (SSSR count). The Morgan fingerprint density at radius 2 is 1.78 bits per heavy atom. The number of rotatable bonds is 9. The highest BCUT2D eigenvalue weighted by Crippen LogP contribution is 2.46. The number of hydrogen-bond acceptors (Lipinski definition) is 11. The number of hydrogen-bond donors (Lipinski definition) is 3. The number of alkyl carbamates (subject to hydrolysis) is 1. The van der Waals surface area contributed by atoms with Crippen molar-refractivity contribution in [3.63, 3.8) is 0 Å². The van der Waals surface area contributed by atoms with Gasteiger partial charge in [-0.3, -0.25) is 19.1 Å². The maximum atomic E-state index is 14.9. The van der Waals surface area contributed by atoms with Gasteiger partial charge in [-0.25, -0.2) is 23.2 Å². The highest BCUT2D eigenvalue weighted by molar-refractivity contribution is 7.91. The fourth-order valence-electron chi connectivity index (χ4n) is 7.94. The highest BCUT2D eigenvalue weighted by Gasteiger charge is 2.62. The highest BCUT2D eigenvalue weighted by atomic mass is 32.2. The van der Waals surface area contributed by atoms with Gasteiger partial charge in [0.15, 0.2) is 0 Å². The Morgan fingerprint density at radius 1 is 1.07 bits per heavy atom. The Bertz CT molecular complexity index is 2120. The number of halogens is 3. The van der Waals surface area contributed by atoms with Crippen molar-refractivity contribution in [1.29, 1.82) is 0 Å². The molecule has 4 amide bonds. The normalized spacial score (nSPS) is 27.9. The van der Waals surface area contributed by atoms with Crippen molar-refractivity contribution in [1.82, 2.24) is 30.2 Å². The molecule has 3 N–H and O–H groups in total. The topological polar surface area (TPSA) is 195 Å². The summed E-state index contributed by atoms with van der Waals surface area (Å²) in [6.07, 6.45) is -1.04. The molecule has 1 aromatic carbocycles. The smallest absolute Gasteiger partial charge is 0.438 e. The molecule has 0 spiro atoms. The van der Waals surface area contributed by atoms with Gasteiger partial charge < -0.3 is 29.7 Å². The molecule has 2 aromatic rings. The average Bonchev–Trinajstić information content (AvgIpc) is 4.06. The SMILES string of the molecule is CCC1CC(C)CCC=CC2CC2(C(=O)NS(=O)(=O)C2CC2)NC(=O)C2CC(Oc3nc4cc(OC(C)C)ccc4nc3C(F)(F)F)CN2C(=O)C1NC(=O)OC(C)(C)C. The lowest BCUT2D eigenvalue weighted by molar-refractivity contribution is -0.143. The molecular formula is C41H55F3N6O9S. The summed E-state index contributed by atoms with van der Waals surface area (Å²) in [7, 11) is -4.01. The summed E-state index contributed by atoms with van der Waals surface area (Å²) in [5.74, 6) is -4.02. The van der Waals surface area contributed by atoms with Crippen molar-refractivity contribution in [2.24, 2.45) is 17.8 Å². The molecule has 0 bridgehead atoms. The van der Waals surface area contributed by atoms with Crippen molar-refractivity contribution in [3.05, 3.63) is 36.0 Å². The van der Waals surface area contributed by atoms with Crippen LogP contribution in [0.25, 0.3) is 11.0 Å². The van der Waals surface area contributed by atoms with E-state index in [9.17, 15) is 40.8 Å². The molecule has 330 valence electrons. The molecule has 2 aliphatic heterocycles. The number of fused-ring (bicyclic) bond motifs is 3. The van der Waals surface area contributed by atoms with E-state index in [4.69, 9.17) is 14.2 Å². The van der Waals surface area contributed by atoms with Crippen LogP contribution < -0.4 is 24.8 Å². The Kier molecular flexibility index (Phi) is 12.7. The standard InChI is InChI=1S/C41H55F3N6O9S/c1-8-24-17-23(4)11-9-10-12-25-20-40(25,37(53)49-60(55,56)28-14-15-28)48-34(51)31-19-27(21-50(31)36(52)32(24)47-38(54)59-39(5,6)7)58-35-33(41(42,43)44)45-29-16-13-26(57-22(2)3)18-30(29)46-35/h10,12-13,16,18,22-25,27-28,31-32H,8-9,11,14-15,17,19-21H2,1-7H3,(H,47,54)(H,48,51)(H,49,53). The van der Waals surface area contributed by atoms with Crippen LogP contribution in [0.15, 0.2) is 30.4 Å². The first kappa shape index (κ1) is 44.9. The molecule has 7 atom stereocenters. The van der Waals surface area contributed by atoms with Gasteiger partial charge in [0, 0.05) is 18.4 Å². The van der Waals surface area contributed by atoms with Gasteiger partial charge in [-0.15, -0.1) is 0 Å². The number of nitrogens with zero attached hydrogens (tertiary/aromatic N) is 3. The van der Waals surface area contributed by atoms with Crippen LogP contribution in [0.5, 0.6) is 11.6 Å². The molecule has 4 aliphatic rings. The van der Waals surface area contributed by atoms with Gasteiger partial charge in [-0.05, 0) is 97.1 Å². The van der Waals surface area contributed by atoms with Gasteiger partial charge in [0.05, 0.1) is 28.9 Å². The predicted molar refractivity (Wildman–Crippen MR) is 213 cm³/mol. The second kappa shape index (κ2) is 17.0. The average molecular weight is 865 g/mol. The van der Waals surface area contributed by atoms with Crippen LogP contribution in [0.3, 0.4) is 0 Å². The number of carbonyl (C=O) groups excluding carboxylic acids is 4. The van der Waals surface area contributed by atoms with Crippen LogP contribution in [0.2, 0.25) is 0 Å². The van der Waals surface area contributed by atoms with Gasteiger partial charge in [0.1, 0.15) is 35.1 Å². The Balaban J connectivity index is 1.39. The zero-order valence-electron chi connectivity index (χ0n) is 34.9. The van der Waals surface area contributed by atoms with Crippen molar-refractivity contribution < 1.29 is 55.0 Å². The van der Waals surface area contributed by atoms with E-state index in [0.717, 1.165) is 4.90 Å². The summed E-state index contributed by atoms with van der Waals surface area (Å²) in [4.78, 5) is 65.8. The Labute approximate surface area is 348 Å². The molecule has 1 aromatic heterocycles. The third-order valence-electron chi connectivity index (χ3n) is 11.2. The zero-order valence-corrected chi connectivity index (χ0v) is 35.7. The largest absolute Gasteiger partial charge is 0.491 e. The molecule has 7 unspecified atom stereocenters. The number of benzene rings is 1. The number of amides is 4. The summed E-state index contributed by atoms with van der Waals surface area (Å²) < 4.78 is 88.9. The molecular weight excluding hydrogens is 810 g/mol. The summed E-state index contributed by atoms with van der Waals surface area (Å²) >= 11 is 0. The minimum absolute atomic E-state index is 0.0420. The van der Waals surface area contributed by atoms with Crippen molar-refractivity contribution in [2.45, 2.75) is 147 Å². The maximum absolute atomic E-state index is 14.9. The lowest BCUT2D eigenvalue weighted by Gasteiger charge is -2.34. The van der Waals surface area contributed by atoms with Gasteiger partial charge in [0.2, 0.25) is 33.4 Å². The summed E-state index contributed by atoms with van der Waals surface area (Å²) in [5.41, 5.74) is -4.06. The fourth-order valence-corrected chi connectivity index (χ4v) is 9.30. The summed E-state index contributed by atoms with van der Waals surface area (Å²) in [5, 5.41) is 4.76. The monoisotopic (exact) mass is 864 g/mol. The van der Waals surface area contributed by atoms with Crippen LogP contribution >= 0.6 is 0 Å². The fraction of sp³-hybridized carbons (Fsp3) is 0.659. The van der Waals surface area contributed by atoms with Crippen molar-refractivity contribution >= 4 is 44.9 Å². The molecule has 1 saturated heterocycles. The zero-order chi connectivity index (χ0) is 43.9. The maximum Gasteiger partial charge on any atom is 0.438 e. The van der Waals surface area contributed by atoms with Crippen LogP contribution in [-0.2, 0) is 35.3 Å². The van der Waals surface area contributed by atoms with Gasteiger partial charge in [0.25, 0.3) is 5.91 Å². The van der Waals surface area contributed by atoms with Crippen LogP contribution in [0.1, 0.15) is 106 Å². The number of alkyl halides is 3. The molecule has 15 nitrogen and oxygen atoms in total. The van der Waals surface area contributed by atoms with E-state index in [1.807, 2.05) is 19.9 Å². The second-order valence-electron chi connectivity index (χ2n) is 17.8. The first-order valence-electron chi connectivity index (χ1n) is 20.6. The Hall–Kier alpha value is -4.68. The Morgan fingerprint density at radius 3 is 2.42 bits per heavy atom. The van der Waals surface area contributed by atoms with Crippen LogP contribution in [-0.4, -0.2) is 94.3 Å². The number of ether oxygens (including phenoxy) is 3. The summed E-state index contributed by atoms with van der Waals surface area (Å²) in [6, 6.07) is 1.58. The molecule has 60 heavy (non-hydrogen) atoms. The number of carbonyl (C=O) groups is 4. The molecule has 0 radical (unpaired) electrons. The molecule has 2 saturated carbocycles. The second-order valence-corrected chi connectivity index (χ2v) is 19.7. The van der Waals surface area contributed by atoms with E-state index in [1.54, 1.807) is 40.7 Å². The molecule has 2 aliphatic carbocycles. The molecule has 3 heterocycles. The predicted octanol–water partition coefficient (Wildman–Crippen LogP) is 5.56. The van der Waals surface area contributed by atoms with E-state index >= 15 is 0 Å². The first-order chi connectivity index (χ1) is 28.0. The number of sulfonamides is 1. The molecule has 19 heteroatoms. The quantitative estimate of drug-likeness (QED) is 0.267. The number of allylic oxidation sites excluding steroid dienone is 1.